The lowest BCUT2D eigenvalue weighted by Gasteiger charge is -2.14. The quantitative estimate of drug-likeness (QED) is 0.835. The number of amides is 1. The molecule has 0 saturated carbocycles. The lowest BCUT2D eigenvalue weighted by Crippen LogP contribution is -2.34. The molecule has 0 bridgehead atoms. The lowest BCUT2D eigenvalue weighted by atomic mass is 10.0. The summed E-state index contributed by atoms with van der Waals surface area (Å²) in [5, 5.41) is 1.70. The van der Waals surface area contributed by atoms with Gasteiger partial charge in [-0.2, -0.15) is 0 Å². The highest BCUT2D eigenvalue weighted by Gasteiger charge is 2.33. The van der Waals surface area contributed by atoms with Crippen LogP contribution in [0.1, 0.15) is 25.3 Å². The van der Waals surface area contributed by atoms with Gasteiger partial charge in [-0.3, -0.25) is 4.90 Å². The number of benzene rings is 1. The fourth-order valence-corrected chi connectivity index (χ4v) is 4.67. The highest BCUT2D eigenvalue weighted by molar-refractivity contribution is 7.91. The highest BCUT2D eigenvalue weighted by Crippen LogP contribution is 2.24. The van der Waals surface area contributed by atoms with Crippen LogP contribution in [0.2, 0.25) is 0 Å². The van der Waals surface area contributed by atoms with Crippen molar-refractivity contribution in [2.24, 2.45) is 0 Å². The molecular weight excluding hydrogens is 360 g/mol. The first-order valence-electron chi connectivity index (χ1n) is 7.98. The van der Waals surface area contributed by atoms with E-state index in [2.05, 4.69) is 18.6 Å². The molecule has 0 radical (unpaired) electrons. The zero-order chi connectivity index (χ0) is 18.0. The lowest BCUT2D eigenvalue weighted by molar-refractivity contribution is 0.143. The highest BCUT2D eigenvalue weighted by atomic mass is 32.2. The summed E-state index contributed by atoms with van der Waals surface area (Å²) in [7, 11) is -3.56. The fourth-order valence-electron chi connectivity index (χ4n) is 2.57. The van der Waals surface area contributed by atoms with E-state index in [4.69, 9.17) is 4.74 Å². The van der Waals surface area contributed by atoms with E-state index in [0.717, 1.165) is 17.0 Å². The smallest absolute Gasteiger partial charge is 0.414 e. The van der Waals surface area contributed by atoms with Crippen LogP contribution in [0.4, 0.5) is 10.5 Å². The summed E-state index contributed by atoms with van der Waals surface area (Å²) in [6.07, 6.45) is -0.982. The molecule has 1 aliphatic rings. The van der Waals surface area contributed by atoms with Gasteiger partial charge in [0.25, 0.3) is 0 Å². The van der Waals surface area contributed by atoms with Gasteiger partial charge in [-0.15, -0.1) is 11.3 Å². The number of nitrogens with one attached hydrogen (secondary N) is 1. The summed E-state index contributed by atoms with van der Waals surface area (Å²) in [6.45, 7) is 4.57. The number of cyclic esters (lactones) is 1. The van der Waals surface area contributed by atoms with Crippen molar-refractivity contribution in [3.8, 4) is 0 Å². The first kappa shape index (κ1) is 17.9. The molecule has 6 nitrogen and oxygen atoms in total. The Morgan fingerprint density at radius 3 is 2.60 bits per heavy atom. The molecule has 1 N–H and O–H groups in total. The second-order valence-corrected chi connectivity index (χ2v) is 9.09. The van der Waals surface area contributed by atoms with Gasteiger partial charge in [0.1, 0.15) is 10.3 Å². The van der Waals surface area contributed by atoms with Gasteiger partial charge >= 0.3 is 6.09 Å². The van der Waals surface area contributed by atoms with E-state index in [0.29, 0.717) is 12.5 Å². The topological polar surface area (TPSA) is 75.7 Å². The summed E-state index contributed by atoms with van der Waals surface area (Å²) >= 11 is 1.15. The molecule has 2 heterocycles. The van der Waals surface area contributed by atoms with Gasteiger partial charge in [-0.1, -0.05) is 32.0 Å². The van der Waals surface area contributed by atoms with Gasteiger partial charge in [0.05, 0.1) is 6.54 Å². The Morgan fingerprint density at radius 1 is 1.28 bits per heavy atom. The molecule has 1 fully saturated rings. The third kappa shape index (κ3) is 4.02. The molecule has 1 aromatic heterocycles. The van der Waals surface area contributed by atoms with Crippen LogP contribution in [-0.4, -0.2) is 33.7 Å². The first-order valence-corrected chi connectivity index (χ1v) is 10.3. The van der Waals surface area contributed by atoms with Crippen LogP contribution in [0.3, 0.4) is 0 Å². The Labute approximate surface area is 151 Å². The molecule has 134 valence electrons. The number of hydrogen-bond donors (Lipinski definition) is 1. The minimum Gasteiger partial charge on any atom is -0.443 e. The van der Waals surface area contributed by atoms with Crippen molar-refractivity contribution < 1.29 is 17.9 Å². The largest absolute Gasteiger partial charge is 0.443 e. The van der Waals surface area contributed by atoms with Gasteiger partial charge in [-0.25, -0.2) is 17.9 Å². The van der Waals surface area contributed by atoms with Crippen molar-refractivity contribution in [2.75, 3.05) is 18.0 Å². The van der Waals surface area contributed by atoms with Crippen molar-refractivity contribution in [1.29, 1.82) is 0 Å². The molecule has 0 spiro atoms. The van der Waals surface area contributed by atoms with Crippen LogP contribution in [0, 0.1) is 0 Å². The molecule has 25 heavy (non-hydrogen) atoms. The third-order valence-electron chi connectivity index (χ3n) is 4.01. The van der Waals surface area contributed by atoms with Crippen LogP contribution in [0.5, 0.6) is 0 Å². The number of anilines is 1. The Hall–Kier alpha value is -1.90. The molecule has 2 aromatic rings. The fraction of sp³-hybridized carbons (Fsp3) is 0.353. The Balaban J connectivity index is 1.62. The Morgan fingerprint density at radius 2 is 2.00 bits per heavy atom. The summed E-state index contributed by atoms with van der Waals surface area (Å²) in [6, 6.07) is 11.0. The van der Waals surface area contributed by atoms with Crippen molar-refractivity contribution in [3.63, 3.8) is 0 Å². The summed E-state index contributed by atoms with van der Waals surface area (Å²) in [4.78, 5) is 13.6. The second kappa shape index (κ2) is 7.15. The van der Waals surface area contributed by atoms with Crippen LogP contribution >= 0.6 is 11.3 Å². The predicted molar refractivity (Wildman–Crippen MR) is 97.7 cm³/mol. The van der Waals surface area contributed by atoms with Crippen molar-refractivity contribution in [3.05, 3.63) is 47.3 Å². The van der Waals surface area contributed by atoms with E-state index in [1.165, 1.54) is 16.5 Å². The number of sulfonamides is 1. The van der Waals surface area contributed by atoms with Gasteiger partial charge in [0.15, 0.2) is 0 Å². The standard InChI is InChI=1S/C17H20N2O4S2/c1-12(2)13-5-7-14(8-6-13)19-11-15(23-17(19)20)10-18-25(21,22)16-4-3-9-24-16/h3-9,12,15,18H,10-11H2,1-2H3. The van der Waals surface area contributed by atoms with Crippen molar-refractivity contribution in [2.45, 2.75) is 30.1 Å². The molecule has 1 unspecified atom stereocenters. The van der Waals surface area contributed by atoms with Gasteiger partial charge in [0, 0.05) is 12.2 Å². The maximum atomic E-state index is 12.1. The predicted octanol–water partition coefficient (Wildman–Crippen LogP) is 3.18. The van der Waals surface area contributed by atoms with Gasteiger partial charge in [0.2, 0.25) is 10.0 Å². The van der Waals surface area contributed by atoms with Crippen LogP contribution in [-0.2, 0) is 14.8 Å². The molecule has 1 atom stereocenters. The molecule has 1 aliphatic heterocycles. The maximum Gasteiger partial charge on any atom is 0.414 e. The Kier molecular flexibility index (Phi) is 5.12. The number of nitrogens with zero attached hydrogens (tertiary/aromatic N) is 1. The first-order chi connectivity index (χ1) is 11.9. The van der Waals surface area contributed by atoms with Crippen molar-refractivity contribution >= 4 is 33.1 Å². The molecule has 8 heteroatoms. The summed E-state index contributed by atoms with van der Waals surface area (Å²) in [5.74, 6) is 0.416. The molecule has 1 saturated heterocycles. The summed E-state index contributed by atoms with van der Waals surface area (Å²) < 4.78 is 32.3. The number of rotatable bonds is 6. The molecule has 3 rings (SSSR count). The second-order valence-electron chi connectivity index (χ2n) is 6.15. The zero-order valence-electron chi connectivity index (χ0n) is 14.0. The van der Waals surface area contributed by atoms with Crippen molar-refractivity contribution in [1.82, 2.24) is 4.72 Å². The third-order valence-corrected chi connectivity index (χ3v) is 6.83. The minimum absolute atomic E-state index is 0.0482. The number of carbonyl (C=O) groups is 1. The van der Waals surface area contributed by atoms with E-state index in [1.807, 2.05) is 24.3 Å². The van der Waals surface area contributed by atoms with E-state index in [9.17, 15) is 13.2 Å². The van der Waals surface area contributed by atoms with E-state index in [-0.39, 0.29) is 10.8 Å². The SMILES string of the molecule is CC(C)c1ccc(N2CC(CNS(=O)(=O)c3cccs3)OC2=O)cc1. The average Bonchev–Trinajstić information content (AvgIpc) is 3.23. The maximum absolute atomic E-state index is 12.1. The number of hydrogen-bond acceptors (Lipinski definition) is 5. The van der Waals surface area contributed by atoms with Gasteiger partial charge in [-0.05, 0) is 35.1 Å². The van der Waals surface area contributed by atoms with Crippen LogP contribution in [0.25, 0.3) is 0 Å². The van der Waals surface area contributed by atoms with E-state index < -0.39 is 22.2 Å². The molecular formula is C17H20N2O4S2. The Bertz CT molecular complexity index is 830. The summed E-state index contributed by atoms with van der Waals surface area (Å²) in [5.41, 5.74) is 1.94. The monoisotopic (exact) mass is 380 g/mol. The minimum atomic E-state index is -3.56. The number of carbonyl (C=O) groups excluding carboxylic acids is 1. The molecule has 1 amide bonds. The molecule has 0 aliphatic carbocycles. The van der Waals surface area contributed by atoms with Crippen LogP contribution < -0.4 is 9.62 Å². The number of ether oxygens (including phenoxy) is 1. The number of thiophene rings is 1. The average molecular weight is 380 g/mol. The zero-order valence-corrected chi connectivity index (χ0v) is 15.6. The van der Waals surface area contributed by atoms with E-state index in [1.54, 1.807) is 11.4 Å². The van der Waals surface area contributed by atoms with Crippen LogP contribution in [0.15, 0.2) is 46.0 Å². The van der Waals surface area contributed by atoms with Gasteiger partial charge < -0.3 is 4.74 Å². The van der Waals surface area contributed by atoms with E-state index >= 15 is 0 Å². The normalized spacial score (nSPS) is 18.0. The molecule has 1 aromatic carbocycles.